The first kappa shape index (κ1) is 19.6. The number of hydrogen-bond donors (Lipinski definition) is 0. The highest BCUT2D eigenvalue weighted by Gasteiger charge is 2.43. The number of benzene rings is 3. The predicted octanol–water partition coefficient (Wildman–Crippen LogP) is 6.12. The zero-order valence-electron chi connectivity index (χ0n) is 17.4. The lowest BCUT2D eigenvalue weighted by molar-refractivity contribution is 0.0971. The van der Waals surface area contributed by atoms with Crippen LogP contribution in [0.2, 0.25) is 5.02 Å². The molecule has 1 aliphatic heterocycles. The van der Waals surface area contributed by atoms with Gasteiger partial charge in [-0.1, -0.05) is 48.0 Å². The van der Waals surface area contributed by atoms with E-state index in [9.17, 15) is 9.59 Å². The summed E-state index contributed by atoms with van der Waals surface area (Å²) in [6.45, 7) is 5.82. The van der Waals surface area contributed by atoms with Gasteiger partial charge in [-0.3, -0.25) is 14.5 Å². The van der Waals surface area contributed by atoms with Crippen molar-refractivity contribution in [2.45, 2.75) is 26.8 Å². The van der Waals surface area contributed by atoms with Crippen LogP contribution in [0.25, 0.3) is 11.0 Å². The van der Waals surface area contributed by atoms with E-state index < -0.39 is 6.04 Å². The molecule has 1 amide bonds. The van der Waals surface area contributed by atoms with E-state index in [-0.39, 0.29) is 17.1 Å². The third-order valence-electron chi connectivity index (χ3n) is 6.04. The van der Waals surface area contributed by atoms with Crippen molar-refractivity contribution in [1.29, 1.82) is 0 Å². The molecule has 3 aromatic carbocycles. The highest BCUT2D eigenvalue weighted by Crippen LogP contribution is 2.42. The molecule has 31 heavy (non-hydrogen) atoms. The van der Waals surface area contributed by atoms with Gasteiger partial charge < -0.3 is 4.42 Å². The summed E-state index contributed by atoms with van der Waals surface area (Å²) in [6, 6.07) is 18.1. The molecule has 1 atom stereocenters. The van der Waals surface area contributed by atoms with Gasteiger partial charge in [0.25, 0.3) is 5.91 Å². The second kappa shape index (κ2) is 7.10. The Morgan fingerprint density at radius 2 is 1.58 bits per heavy atom. The second-order valence-electron chi connectivity index (χ2n) is 8.03. The zero-order valence-corrected chi connectivity index (χ0v) is 18.2. The van der Waals surface area contributed by atoms with Crippen molar-refractivity contribution >= 4 is 34.2 Å². The largest absolute Gasteiger partial charge is 0.450 e. The maximum Gasteiger partial charge on any atom is 0.295 e. The number of carbonyl (C=O) groups excluding carboxylic acids is 1. The van der Waals surface area contributed by atoms with E-state index in [4.69, 9.17) is 16.0 Å². The van der Waals surface area contributed by atoms with Crippen LogP contribution in [0.3, 0.4) is 0 Å². The Kier molecular flexibility index (Phi) is 4.49. The average Bonchev–Trinajstić information content (AvgIpc) is 3.05. The predicted molar refractivity (Wildman–Crippen MR) is 123 cm³/mol. The van der Waals surface area contributed by atoms with Crippen molar-refractivity contribution in [1.82, 2.24) is 0 Å². The summed E-state index contributed by atoms with van der Waals surface area (Å²) >= 11 is 6.37. The topological polar surface area (TPSA) is 50.5 Å². The number of carbonyl (C=O) groups is 1. The highest BCUT2D eigenvalue weighted by molar-refractivity contribution is 6.31. The average molecular weight is 430 g/mol. The standard InChI is InChI=1S/C26H20ClNO3/c1-14-9-10-18(13-20(14)27)28-23(17-7-5-4-6-8-17)22-24(29)19-11-15(2)16(3)12-21(19)31-25(22)26(28)30/h4-13,23H,1-3H3. The Morgan fingerprint density at radius 3 is 2.29 bits per heavy atom. The van der Waals surface area contributed by atoms with Crippen LogP contribution < -0.4 is 10.3 Å². The molecule has 0 saturated carbocycles. The van der Waals surface area contributed by atoms with Gasteiger partial charge in [0.15, 0.2) is 5.43 Å². The summed E-state index contributed by atoms with van der Waals surface area (Å²) in [5.74, 6) is -0.257. The Labute approximate surface area is 184 Å². The molecular formula is C26H20ClNO3. The maximum absolute atomic E-state index is 13.6. The van der Waals surface area contributed by atoms with E-state index >= 15 is 0 Å². The van der Waals surface area contributed by atoms with Crippen molar-refractivity contribution in [3.63, 3.8) is 0 Å². The maximum atomic E-state index is 13.6. The van der Waals surface area contributed by atoms with Gasteiger partial charge in [0.2, 0.25) is 5.76 Å². The number of hydrogen-bond acceptors (Lipinski definition) is 3. The van der Waals surface area contributed by atoms with Crippen molar-refractivity contribution in [2.24, 2.45) is 0 Å². The molecule has 4 nitrogen and oxygen atoms in total. The first-order chi connectivity index (χ1) is 14.9. The van der Waals surface area contributed by atoms with Gasteiger partial charge in [0, 0.05) is 10.7 Å². The highest BCUT2D eigenvalue weighted by atomic mass is 35.5. The molecule has 0 spiro atoms. The molecule has 4 aromatic rings. The van der Waals surface area contributed by atoms with Gasteiger partial charge in [0.05, 0.1) is 17.0 Å². The lowest BCUT2D eigenvalue weighted by atomic mass is 9.97. The smallest absolute Gasteiger partial charge is 0.295 e. The summed E-state index contributed by atoms with van der Waals surface area (Å²) in [6.07, 6.45) is 0. The third kappa shape index (κ3) is 2.98. The van der Waals surface area contributed by atoms with Crippen LogP contribution in [0.5, 0.6) is 0 Å². The fourth-order valence-electron chi connectivity index (χ4n) is 4.18. The molecule has 5 rings (SSSR count). The van der Waals surface area contributed by atoms with Gasteiger partial charge in [-0.2, -0.15) is 0 Å². The fraction of sp³-hybridized carbons (Fsp3) is 0.154. The number of fused-ring (bicyclic) bond motifs is 2. The molecule has 1 aromatic heterocycles. The molecule has 1 unspecified atom stereocenters. The van der Waals surface area contributed by atoms with Crippen LogP contribution in [-0.4, -0.2) is 5.91 Å². The molecule has 0 N–H and O–H groups in total. The molecule has 0 saturated heterocycles. The van der Waals surface area contributed by atoms with E-state index in [1.54, 1.807) is 11.0 Å². The molecule has 0 radical (unpaired) electrons. The first-order valence-corrected chi connectivity index (χ1v) is 10.5. The van der Waals surface area contributed by atoms with Crippen molar-refractivity contribution in [3.8, 4) is 0 Å². The Balaban J connectivity index is 1.83. The van der Waals surface area contributed by atoms with Gasteiger partial charge in [-0.15, -0.1) is 0 Å². The van der Waals surface area contributed by atoms with Crippen molar-refractivity contribution < 1.29 is 9.21 Å². The Hall–Kier alpha value is -3.37. The van der Waals surface area contributed by atoms with Crippen LogP contribution in [0.15, 0.2) is 69.9 Å². The molecule has 0 bridgehead atoms. The number of anilines is 1. The summed E-state index contributed by atoms with van der Waals surface area (Å²) in [5.41, 5.74) is 4.99. The zero-order chi connectivity index (χ0) is 21.9. The summed E-state index contributed by atoms with van der Waals surface area (Å²) < 4.78 is 6.07. The third-order valence-corrected chi connectivity index (χ3v) is 6.44. The molecule has 1 aliphatic rings. The van der Waals surface area contributed by atoms with E-state index in [1.165, 1.54) is 0 Å². The van der Waals surface area contributed by atoms with Crippen LogP contribution in [-0.2, 0) is 0 Å². The van der Waals surface area contributed by atoms with Gasteiger partial charge in [0.1, 0.15) is 5.58 Å². The van der Waals surface area contributed by atoms with E-state index in [0.29, 0.717) is 27.2 Å². The SMILES string of the molecule is Cc1cc2oc3c(c(=O)c2cc1C)C(c1ccccc1)N(c1ccc(C)c(Cl)c1)C3=O. The Morgan fingerprint density at radius 1 is 0.871 bits per heavy atom. The fourth-order valence-corrected chi connectivity index (χ4v) is 4.35. The van der Waals surface area contributed by atoms with Crippen LogP contribution in [0.4, 0.5) is 5.69 Å². The minimum Gasteiger partial charge on any atom is -0.450 e. The summed E-state index contributed by atoms with van der Waals surface area (Å²) in [7, 11) is 0. The van der Waals surface area contributed by atoms with Gasteiger partial charge in [-0.05, 0) is 67.3 Å². The molecule has 0 aliphatic carbocycles. The van der Waals surface area contributed by atoms with E-state index in [0.717, 1.165) is 22.3 Å². The lowest BCUT2D eigenvalue weighted by Crippen LogP contribution is -2.29. The van der Waals surface area contributed by atoms with Crippen LogP contribution >= 0.6 is 11.6 Å². The molecule has 154 valence electrons. The summed E-state index contributed by atoms with van der Waals surface area (Å²) in [5, 5.41) is 1.04. The number of nitrogens with zero attached hydrogens (tertiary/aromatic N) is 1. The molecule has 0 fully saturated rings. The number of amides is 1. The Bertz CT molecular complexity index is 1420. The van der Waals surface area contributed by atoms with Gasteiger partial charge in [-0.25, -0.2) is 0 Å². The van der Waals surface area contributed by atoms with Crippen LogP contribution in [0, 0.1) is 20.8 Å². The quantitative estimate of drug-likeness (QED) is 0.385. The lowest BCUT2D eigenvalue weighted by Gasteiger charge is -2.25. The number of halogens is 1. The van der Waals surface area contributed by atoms with E-state index in [2.05, 4.69) is 0 Å². The second-order valence-corrected chi connectivity index (χ2v) is 8.44. The minimum absolute atomic E-state index is 0.0892. The summed E-state index contributed by atoms with van der Waals surface area (Å²) in [4.78, 5) is 28.8. The monoisotopic (exact) mass is 429 g/mol. The molecular weight excluding hydrogens is 410 g/mol. The van der Waals surface area contributed by atoms with Crippen molar-refractivity contribution in [3.05, 3.63) is 109 Å². The van der Waals surface area contributed by atoms with Crippen LogP contribution in [0.1, 0.15) is 44.4 Å². The van der Waals surface area contributed by atoms with E-state index in [1.807, 2.05) is 75.4 Å². The normalized spacial score (nSPS) is 15.5. The first-order valence-electron chi connectivity index (χ1n) is 10.1. The van der Waals surface area contributed by atoms with Crippen molar-refractivity contribution in [2.75, 3.05) is 4.90 Å². The van der Waals surface area contributed by atoms with Gasteiger partial charge >= 0.3 is 0 Å². The molecule has 5 heteroatoms. The number of aryl methyl sites for hydroxylation is 3. The molecule has 2 heterocycles. The number of rotatable bonds is 2. The minimum atomic E-state index is -0.593.